The van der Waals surface area contributed by atoms with Gasteiger partial charge in [-0.1, -0.05) is 71.7 Å². The van der Waals surface area contributed by atoms with Gasteiger partial charge in [-0.3, -0.25) is 19.4 Å². The Kier molecular flexibility index (Phi) is 15.6. The van der Waals surface area contributed by atoms with Crippen molar-refractivity contribution >= 4 is 46.9 Å². The van der Waals surface area contributed by atoms with Crippen molar-refractivity contribution in [3.63, 3.8) is 0 Å². The number of carbonyl (C=O) groups excluding carboxylic acids is 3. The predicted octanol–water partition coefficient (Wildman–Crippen LogP) is 9.44. The van der Waals surface area contributed by atoms with E-state index in [0.717, 1.165) is 62.1 Å². The number of halogens is 4. The third kappa shape index (κ3) is 12.0. The number of pyridine rings is 1. The zero-order valence-corrected chi connectivity index (χ0v) is 38.6. The summed E-state index contributed by atoms with van der Waals surface area (Å²) in [5, 5.41) is 0.647. The predicted molar refractivity (Wildman–Crippen MR) is 247 cm³/mol. The van der Waals surface area contributed by atoms with E-state index in [2.05, 4.69) is 9.88 Å². The molecule has 0 radical (unpaired) electrons. The SMILES string of the molecule is O=C(O[C@@H](Cc1c(Cl)c[nH+]cc1Cl)c1ccc(OC(F)F)c(OCC2CC2)c1)C1CN(C(=O)c2ccc(COc3cccc(CN(C(=O)O[C@H]4CN5CCC4CC5)c4ccccc4)c3)cc2)C1.[OH-]. The molecule has 10 rings (SSSR count). The third-order valence-electron chi connectivity index (χ3n) is 12.9. The Balaban J connectivity index is 0.00000625. The number of para-hydroxylation sites is 1. The molecule has 358 valence electrons. The number of carbonyl (C=O) groups is 3. The number of benzene rings is 4. The van der Waals surface area contributed by atoms with E-state index in [-0.39, 0.29) is 61.2 Å². The van der Waals surface area contributed by atoms with Gasteiger partial charge >= 0.3 is 18.7 Å². The van der Waals surface area contributed by atoms with E-state index < -0.39 is 24.6 Å². The van der Waals surface area contributed by atoms with Gasteiger partial charge in [-0.05, 0) is 116 Å². The smallest absolute Gasteiger partial charge is 0.414 e. The molecule has 1 aliphatic carbocycles. The Bertz CT molecular complexity index is 2520. The van der Waals surface area contributed by atoms with Gasteiger partial charge in [0.25, 0.3) is 5.91 Å². The van der Waals surface area contributed by atoms with Crippen LogP contribution in [-0.2, 0) is 33.8 Å². The molecular weight excluding hydrogens is 921 g/mol. The maximum Gasteiger partial charge on any atom is 0.414 e. The highest BCUT2D eigenvalue weighted by Crippen LogP contribution is 2.39. The Labute approximate surface area is 403 Å². The van der Waals surface area contributed by atoms with Crippen LogP contribution in [-0.4, -0.2) is 85.3 Å². The Hall–Kier alpha value is -6.00. The second-order valence-corrected chi connectivity index (χ2v) is 18.4. The summed E-state index contributed by atoms with van der Waals surface area (Å²) in [6.45, 7) is 1.01. The van der Waals surface area contributed by atoms with E-state index in [4.69, 9.17) is 46.9 Å². The van der Waals surface area contributed by atoms with E-state index in [0.29, 0.717) is 57.5 Å². The van der Waals surface area contributed by atoms with Crippen LogP contribution in [0.5, 0.6) is 17.2 Å². The highest BCUT2D eigenvalue weighted by molar-refractivity contribution is 6.35. The number of hydrogen-bond donors (Lipinski definition) is 0. The molecule has 2 amide bonds. The minimum Gasteiger partial charge on any atom is -0.870 e. The molecule has 4 saturated heterocycles. The fourth-order valence-corrected chi connectivity index (χ4v) is 9.29. The number of nitrogens with one attached hydrogen (secondary N) is 1. The number of aromatic nitrogens is 1. The lowest BCUT2D eigenvalue weighted by Gasteiger charge is -2.44. The van der Waals surface area contributed by atoms with Gasteiger partial charge in [0, 0.05) is 42.9 Å². The first-order chi connectivity index (χ1) is 32.5. The van der Waals surface area contributed by atoms with Crippen molar-refractivity contribution in [1.29, 1.82) is 0 Å². The molecule has 4 aromatic carbocycles. The summed E-state index contributed by atoms with van der Waals surface area (Å²) in [6, 6.07) is 28.7. The lowest BCUT2D eigenvalue weighted by molar-refractivity contribution is -0.377. The molecule has 13 nitrogen and oxygen atoms in total. The largest absolute Gasteiger partial charge is 0.870 e. The van der Waals surface area contributed by atoms with Crippen LogP contribution >= 0.6 is 23.2 Å². The molecule has 5 aliphatic rings. The summed E-state index contributed by atoms with van der Waals surface area (Å²) in [4.78, 5) is 49.3. The molecule has 2 N–H and O–H groups in total. The molecule has 0 spiro atoms. The summed E-state index contributed by atoms with van der Waals surface area (Å²) in [5.74, 6) is -0.0322. The summed E-state index contributed by atoms with van der Waals surface area (Å²) in [7, 11) is 0. The number of rotatable bonds is 18. The van der Waals surface area contributed by atoms with Gasteiger partial charge in [0.1, 0.15) is 34.6 Å². The Morgan fingerprint density at radius 2 is 1.53 bits per heavy atom. The number of amides is 2. The molecule has 5 fully saturated rings. The molecule has 2 atom stereocenters. The quantitative estimate of drug-likeness (QED) is 0.0777. The van der Waals surface area contributed by atoms with Crippen molar-refractivity contribution in [2.45, 2.75) is 64.1 Å². The average Bonchev–Trinajstić information content (AvgIpc) is 4.16. The number of likely N-dealkylation sites (tertiary alicyclic amines) is 1. The van der Waals surface area contributed by atoms with Crippen molar-refractivity contribution in [2.24, 2.45) is 17.8 Å². The maximum absolute atomic E-state index is 13.7. The molecular formula is C51H52Cl2F2N4O9. The van der Waals surface area contributed by atoms with Crippen molar-refractivity contribution in [3.05, 3.63) is 147 Å². The number of piperidine rings is 3. The van der Waals surface area contributed by atoms with Crippen LogP contribution in [0.2, 0.25) is 10.0 Å². The number of esters is 1. The Morgan fingerprint density at radius 1 is 0.794 bits per heavy atom. The lowest BCUT2D eigenvalue weighted by atomic mass is 9.86. The van der Waals surface area contributed by atoms with E-state index in [1.807, 2.05) is 66.7 Å². The number of fused-ring (bicyclic) bond motifs is 3. The van der Waals surface area contributed by atoms with Gasteiger partial charge in [-0.2, -0.15) is 8.78 Å². The molecule has 4 aliphatic heterocycles. The van der Waals surface area contributed by atoms with Crippen LogP contribution in [0.4, 0.5) is 19.3 Å². The molecule has 2 bridgehead atoms. The zero-order chi connectivity index (χ0) is 46.4. The summed E-state index contributed by atoms with van der Waals surface area (Å²) in [6.07, 6.45) is 5.86. The van der Waals surface area contributed by atoms with Crippen molar-refractivity contribution in [1.82, 2.24) is 9.80 Å². The fraction of sp³-hybridized carbons (Fsp3) is 0.373. The molecule has 5 heterocycles. The van der Waals surface area contributed by atoms with Crippen LogP contribution in [0.15, 0.2) is 109 Å². The number of anilines is 1. The van der Waals surface area contributed by atoms with Gasteiger partial charge < -0.3 is 34.1 Å². The van der Waals surface area contributed by atoms with Crippen LogP contribution in [0.3, 0.4) is 0 Å². The maximum atomic E-state index is 13.7. The number of hydrogen-bond acceptors (Lipinski definition) is 10. The highest BCUT2D eigenvalue weighted by Gasteiger charge is 2.40. The Morgan fingerprint density at radius 3 is 2.21 bits per heavy atom. The summed E-state index contributed by atoms with van der Waals surface area (Å²) >= 11 is 13.0. The average molecular weight is 974 g/mol. The van der Waals surface area contributed by atoms with E-state index in [9.17, 15) is 23.2 Å². The first-order valence-electron chi connectivity index (χ1n) is 22.6. The topological polar surface area (TPSA) is 151 Å². The zero-order valence-electron chi connectivity index (χ0n) is 37.1. The van der Waals surface area contributed by atoms with Gasteiger partial charge in [0.2, 0.25) is 0 Å². The molecule has 68 heavy (non-hydrogen) atoms. The van der Waals surface area contributed by atoms with Crippen molar-refractivity contribution in [3.8, 4) is 17.2 Å². The first-order valence-corrected chi connectivity index (χ1v) is 23.4. The van der Waals surface area contributed by atoms with Crippen LogP contribution in [0.25, 0.3) is 0 Å². The van der Waals surface area contributed by atoms with E-state index in [1.165, 1.54) is 12.1 Å². The van der Waals surface area contributed by atoms with Gasteiger partial charge in [0.05, 0.1) is 19.1 Å². The van der Waals surface area contributed by atoms with Gasteiger partial charge in [0.15, 0.2) is 23.9 Å². The normalized spacial score (nSPS) is 19.0. The molecule has 1 saturated carbocycles. The van der Waals surface area contributed by atoms with Gasteiger partial charge in [-0.15, -0.1) is 0 Å². The van der Waals surface area contributed by atoms with E-state index in [1.54, 1.807) is 40.4 Å². The molecule has 0 unspecified atom stereocenters. The molecule has 17 heteroatoms. The number of nitrogens with zero attached hydrogens (tertiary/aromatic N) is 3. The molecule has 1 aromatic heterocycles. The van der Waals surface area contributed by atoms with Crippen LogP contribution < -0.4 is 24.1 Å². The fourth-order valence-electron chi connectivity index (χ4n) is 8.75. The van der Waals surface area contributed by atoms with E-state index >= 15 is 0 Å². The van der Waals surface area contributed by atoms with Crippen molar-refractivity contribution in [2.75, 3.05) is 44.2 Å². The highest BCUT2D eigenvalue weighted by atomic mass is 35.5. The number of aromatic amines is 1. The standard InChI is InChI=1S/C51H50Cl2F2N4O8.H2O/c52-42-24-56-25-43(53)41(42)23-45(37-15-16-44(66-50(54)55)46(22-37)64-31-32-9-10-32)65-49(61)38-27-58(28-38)48(60)36-13-11-33(12-14-36)30-63-40-8-4-5-34(21-40)26-59(39-6-2-1-3-7-39)51(62)67-47-29-57-19-17-35(47)18-20-57;/h1-8,11-16,21-22,24-25,32,35,38,45,47,50H,9-10,17-20,23,26-31H2;1H2/t45-,47-;/m0./s1. The first kappa shape index (κ1) is 48.5. The number of H-pyrrole nitrogens is 1. The third-order valence-corrected chi connectivity index (χ3v) is 13.5. The van der Waals surface area contributed by atoms with Crippen molar-refractivity contribution < 1.29 is 57.3 Å². The number of ether oxygens (including phenoxy) is 5. The summed E-state index contributed by atoms with van der Waals surface area (Å²) < 4.78 is 55.6. The second-order valence-electron chi connectivity index (χ2n) is 17.6. The van der Waals surface area contributed by atoms with Crippen LogP contribution in [0.1, 0.15) is 64.4 Å². The van der Waals surface area contributed by atoms with Crippen LogP contribution in [0, 0.1) is 17.8 Å². The lowest BCUT2D eigenvalue weighted by Crippen LogP contribution is -2.53. The minimum atomic E-state index is -3.06. The minimum absolute atomic E-state index is 0. The number of alkyl halides is 2. The molecule has 5 aromatic rings. The summed E-state index contributed by atoms with van der Waals surface area (Å²) in [5.41, 5.74) is 3.91. The second kappa shape index (κ2) is 22.0. The van der Waals surface area contributed by atoms with Gasteiger partial charge in [-0.25, -0.2) is 9.78 Å². The monoisotopic (exact) mass is 972 g/mol.